The molecule has 86 valence electrons. The normalized spacial score (nSPS) is 13.6. The molecule has 0 saturated heterocycles. The Balaban J connectivity index is 5.01. The third kappa shape index (κ3) is 2.64. The smallest absolute Gasteiger partial charge is 0.300 e. The van der Waals surface area contributed by atoms with Gasteiger partial charge >= 0.3 is 15.5 Å². The fourth-order valence-electron chi connectivity index (χ4n) is 0.756. The van der Waals surface area contributed by atoms with E-state index in [-0.39, 0.29) is 0 Å². The van der Waals surface area contributed by atoms with Gasteiger partial charge in [0.25, 0.3) is 0 Å². The van der Waals surface area contributed by atoms with Gasteiger partial charge in [0.1, 0.15) is 0 Å². The molecule has 0 aromatic rings. The average Bonchev–Trinajstić information content (AvgIpc) is 2.25. The SMILES string of the molecule is COP(=O)(OC)N(C)P(=O)(OC)OC. The molecule has 0 atom stereocenters. The maximum atomic E-state index is 11.8. The predicted molar refractivity (Wildman–Crippen MR) is 51.0 cm³/mol. The first kappa shape index (κ1) is 14.3. The standard InChI is InChI=1S/C5H15NO6P2/c1-6(13(7,9-2)10-3)14(8,11-4)12-5/h1-5H3. The van der Waals surface area contributed by atoms with Crippen LogP contribution >= 0.6 is 15.5 Å². The highest BCUT2D eigenvalue weighted by Crippen LogP contribution is 2.66. The van der Waals surface area contributed by atoms with Gasteiger partial charge in [-0.25, -0.2) is 9.13 Å². The van der Waals surface area contributed by atoms with Gasteiger partial charge in [-0.1, -0.05) is 0 Å². The zero-order valence-electron chi connectivity index (χ0n) is 8.79. The van der Waals surface area contributed by atoms with Crippen molar-refractivity contribution in [3.63, 3.8) is 0 Å². The molecule has 0 aliphatic carbocycles. The van der Waals surface area contributed by atoms with E-state index >= 15 is 0 Å². The Morgan fingerprint density at radius 3 is 1.14 bits per heavy atom. The number of nitrogens with zero attached hydrogens (tertiary/aromatic N) is 1. The summed E-state index contributed by atoms with van der Waals surface area (Å²) in [5.74, 6) is 0. The quantitative estimate of drug-likeness (QED) is 0.661. The van der Waals surface area contributed by atoms with E-state index in [1.54, 1.807) is 0 Å². The lowest BCUT2D eigenvalue weighted by atomic mass is 11.6. The summed E-state index contributed by atoms with van der Waals surface area (Å²) in [5.41, 5.74) is 0. The van der Waals surface area contributed by atoms with Crippen LogP contribution in [0.15, 0.2) is 0 Å². The largest absolute Gasteiger partial charge is 0.416 e. The van der Waals surface area contributed by atoms with Crippen LogP contribution < -0.4 is 0 Å². The average molecular weight is 247 g/mol. The summed E-state index contributed by atoms with van der Waals surface area (Å²) in [6.07, 6.45) is 0. The van der Waals surface area contributed by atoms with E-state index in [4.69, 9.17) is 0 Å². The zero-order valence-corrected chi connectivity index (χ0v) is 10.6. The summed E-state index contributed by atoms with van der Waals surface area (Å²) < 4.78 is 42.9. The second-order valence-corrected chi connectivity index (χ2v) is 7.01. The topological polar surface area (TPSA) is 74.3 Å². The summed E-state index contributed by atoms with van der Waals surface area (Å²) in [4.78, 5) is 0. The minimum Gasteiger partial charge on any atom is -0.300 e. The van der Waals surface area contributed by atoms with Crippen LogP contribution in [0.25, 0.3) is 0 Å². The molecule has 0 amide bonds. The molecule has 0 radical (unpaired) electrons. The Labute approximate surface area is 83.5 Å². The molecule has 0 aliphatic heterocycles. The van der Waals surface area contributed by atoms with Crippen molar-refractivity contribution in [2.24, 2.45) is 0 Å². The molecule has 9 heteroatoms. The van der Waals surface area contributed by atoms with Crippen LogP contribution in [0.3, 0.4) is 0 Å². The maximum absolute atomic E-state index is 11.8. The third-order valence-electron chi connectivity index (χ3n) is 1.63. The van der Waals surface area contributed by atoms with Gasteiger partial charge in [-0.15, -0.1) is 4.44 Å². The van der Waals surface area contributed by atoms with E-state index in [1.807, 2.05) is 0 Å². The Morgan fingerprint density at radius 2 is 1.00 bits per heavy atom. The molecule has 14 heavy (non-hydrogen) atoms. The van der Waals surface area contributed by atoms with E-state index in [1.165, 1.54) is 35.5 Å². The van der Waals surface area contributed by atoms with Crippen molar-refractivity contribution in [2.45, 2.75) is 0 Å². The van der Waals surface area contributed by atoms with Gasteiger partial charge in [0.05, 0.1) is 0 Å². The molecule has 0 bridgehead atoms. The molecule has 0 aromatic carbocycles. The second kappa shape index (κ2) is 5.37. The monoisotopic (exact) mass is 247 g/mol. The summed E-state index contributed by atoms with van der Waals surface area (Å²) in [6, 6.07) is 0. The molecule has 0 aromatic heterocycles. The number of hydrogen-bond acceptors (Lipinski definition) is 6. The lowest BCUT2D eigenvalue weighted by Crippen LogP contribution is -2.16. The summed E-state index contributed by atoms with van der Waals surface area (Å²) in [7, 11) is -1.24. The van der Waals surface area contributed by atoms with Crippen LogP contribution in [-0.4, -0.2) is 39.9 Å². The minimum atomic E-state index is -3.61. The first-order valence-electron chi connectivity index (χ1n) is 3.58. The predicted octanol–water partition coefficient (Wildman–Crippen LogP) is 1.72. The van der Waals surface area contributed by atoms with Crippen LogP contribution in [-0.2, 0) is 27.2 Å². The summed E-state index contributed by atoms with van der Waals surface area (Å²) in [6.45, 7) is 0. The van der Waals surface area contributed by atoms with Gasteiger partial charge in [0, 0.05) is 35.5 Å². The molecule has 0 heterocycles. The highest BCUT2D eigenvalue weighted by molar-refractivity contribution is 7.66. The van der Waals surface area contributed by atoms with Gasteiger partial charge in [-0.2, -0.15) is 0 Å². The van der Waals surface area contributed by atoms with Crippen LogP contribution in [0.1, 0.15) is 0 Å². The van der Waals surface area contributed by atoms with Crippen molar-refractivity contribution < 1.29 is 27.2 Å². The van der Waals surface area contributed by atoms with Crippen LogP contribution in [0, 0.1) is 0 Å². The van der Waals surface area contributed by atoms with Crippen LogP contribution in [0.4, 0.5) is 0 Å². The minimum absolute atomic E-state index is 0.819. The molecule has 0 N–H and O–H groups in total. The van der Waals surface area contributed by atoms with Crippen molar-refractivity contribution in [3.05, 3.63) is 0 Å². The van der Waals surface area contributed by atoms with E-state index in [2.05, 4.69) is 18.1 Å². The third-order valence-corrected chi connectivity index (χ3v) is 6.21. The van der Waals surface area contributed by atoms with Gasteiger partial charge in [0.15, 0.2) is 0 Å². The molecule has 7 nitrogen and oxygen atoms in total. The lowest BCUT2D eigenvalue weighted by Gasteiger charge is -2.28. The van der Waals surface area contributed by atoms with Gasteiger partial charge in [0.2, 0.25) is 0 Å². The molecular formula is C5H15NO6P2. The lowest BCUT2D eigenvalue weighted by molar-refractivity contribution is 0.205. The first-order valence-corrected chi connectivity index (χ1v) is 6.57. The highest BCUT2D eigenvalue weighted by atomic mass is 31.3. The summed E-state index contributed by atoms with van der Waals surface area (Å²) in [5, 5.41) is 0. The van der Waals surface area contributed by atoms with E-state index < -0.39 is 15.5 Å². The van der Waals surface area contributed by atoms with Crippen molar-refractivity contribution in [3.8, 4) is 0 Å². The fraction of sp³-hybridized carbons (Fsp3) is 1.00. The Morgan fingerprint density at radius 1 is 0.786 bits per heavy atom. The molecule has 0 aliphatic rings. The Bertz CT molecular complexity index is 227. The molecule has 0 spiro atoms. The summed E-state index contributed by atoms with van der Waals surface area (Å²) >= 11 is 0. The molecule has 0 fully saturated rings. The number of hydrogen-bond donors (Lipinski definition) is 0. The van der Waals surface area contributed by atoms with E-state index in [0.29, 0.717) is 0 Å². The fourth-order valence-corrected chi connectivity index (χ4v) is 3.95. The molecular weight excluding hydrogens is 232 g/mol. The van der Waals surface area contributed by atoms with Crippen molar-refractivity contribution >= 4 is 15.5 Å². The van der Waals surface area contributed by atoms with Crippen molar-refractivity contribution in [1.29, 1.82) is 0 Å². The van der Waals surface area contributed by atoms with E-state index in [9.17, 15) is 9.13 Å². The highest BCUT2D eigenvalue weighted by Gasteiger charge is 2.43. The first-order chi connectivity index (χ1) is 6.40. The molecule has 0 unspecified atom stereocenters. The Hall–Kier alpha value is 0.260. The Kier molecular flexibility index (Phi) is 5.47. The van der Waals surface area contributed by atoms with Gasteiger partial charge < -0.3 is 0 Å². The number of rotatable bonds is 6. The zero-order chi connectivity index (χ0) is 11.4. The second-order valence-electron chi connectivity index (χ2n) is 2.16. The molecule has 0 rings (SSSR count). The van der Waals surface area contributed by atoms with Crippen LogP contribution in [0.5, 0.6) is 0 Å². The van der Waals surface area contributed by atoms with Gasteiger partial charge in [-0.3, -0.25) is 18.1 Å². The van der Waals surface area contributed by atoms with E-state index in [0.717, 1.165) is 4.44 Å². The molecule has 0 saturated carbocycles. The van der Waals surface area contributed by atoms with Crippen molar-refractivity contribution in [2.75, 3.05) is 35.5 Å². The van der Waals surface area contributed by atoms with Crippen molar-refractivity contribution in [1.82, 2.24) is 4.44 Å². The van der Waals surface area contributed by atoms with Gasteiger partial charge in [-0.05, 0) is 0 Å². The van der Waals surface area contributed by atoms with Crippen LogP contribution in [0.2, 0.25) is 0 Å². The maximum Gasteiger partial charge on any atom is 0.416 e.